The molecule has 1 aromatic rings. The second kappa shape index (κ2) is 7.59. The van der Waals surface area contributed by atoms with Crippen LogP contribution < -0.4 is 9.08 Å². The first kappa shape index (κ1) is 20.7. The highest BCUT2D eigenvalue weighted by atomic mass is 32.3. The van der Waals surface area contributed by atoms with E-state index < -0.39 is 33.9 Å². The summed E-state index contributed by atoms with van der Waals surface area (Å²) in [7, 11) is -5.29. The number of benzene rings is 1. The first-order valence-electron chi connectivity index (χ1n) is 8.09. The summed E-state index contributed by atoms with van der Waals surface area (Å²) in [4.78, 5) is 26.6. The fourth-order valence-corrected chi connectivity index (χ4v) is 2.85. The van der Waals surface area contributed by atoms with Gasteiger partial charge in [-0.15, -0.1) is 0 Å². The lowest BCUT2D eigenvalue weighted by Crippen LogP contribution is -2.50. The topological polar surface area (TPSA) is 113 Å². The average molecular weight is 404 g/mol. The second-order valence-corrected chi connectivity index (χ2v) is 7.90. The Morgan fingerprint density at radius 3 is 2.19 bits per heavy atom. The SMILES string of the molecule is CC(C)(C)OC(=O)N1CCN(c2cc(OS(=O)(=O)F)cc(C(=O)O)c2)CC1. The van der Waals surface area contributed by atoms with Gasteiger partial charge in [-0.05, 0) is 32.9 Å². The molecule has 0 bridgehead atoms. The third kappa shape index (κ3) is 6.27. The van der Waals surface area contributed by atoms with Gasteiger partial charge in [0.2, 0.25) is 0 Å². The monoisotopic (exact) mass is 404 g/mol. The predicted molar refractivity (Wildman–Crippen MR) is 94.1 cm³/mol. The summed E-state index contributed by atoms with van der Waals surface area (Å²) in [6.07, 6.45) is -0.450. The molecule has 2 rings (SSSR count). The summed E-state index contributed by atoms with van der Waals surface area (Å²) in [6.45, 7) is 6.64. The van der Waals surface area contributed by atoms with Crippen molar-refractivity contribution in [1.29, 1.82) is 0 Å². The van der Waals surface area contributed by atoms with E-state index in [-0.39, 0.29) is 5.56 Å². The Morgan fingerprint density at radius 1 is 1.11 bits per heavy atom. The molecule has 0 unspecified atom stereocenters. The highest BCUT2D eigenvalue weighted by Crippen LogP contribution is 2.27. The van der Waals surface area contributed by atoms with Gasteiger partial charge in [-0.2, -0.15) is 8.42 Å². The molecule has 1 heterocycles. The summed E-state index contributed by atoms with van der Waals surface area (Å²) >= 11 is 0. The Labute approximate surface area is 156 Å². The number of carbonyl (C=O) groups excluding carboxylic acids is 1. The van der Waals surface area contributed by atoms with Crippen molar-refractivity contribution in [2.45, 2.75) is 26.4 Å². The highest BCUT2D eigenvalue weighted by Gasteiger charge is 2.26. The molecule has 27 heavy (non-hydrogen) atoms. The minimum absolute atomic E-state index is 0.249. The maximum atomic E-state index is 12.8. The minimum atomic E-state index is -5.29. The summed E-state index contributed by atoms with van der Waals surface area (Å²) in [5.41, 5.74) is -0.521. The van der Waals surface area contributed by atoms with Crippen LogP contribution in [0.5, 0.6) is 5.75 Å². The second-order valence-electron chi connectivity index (χ2n) is 6.95. The van der Waals surface area contributed by atoms with Gasteiger partial charge in [0.15, 0.2) is 0 Å². The van der Waals surface area contributed by atoms with E-state index in [1.807, 2.05) is 0 Å². The lowest BCUT2D eigenvalue weighted by atomic mass is 10.1. The zero-order valence-corrected chi connectivity index (χ0v) is 16.0. The molecule has 1 N–H and O–H groups in total. The summed E-state index contributed by atoms with van der Waals surface area (Å²) in [5, 5.41) is 9.17. The van der Waals surface area contributed by atoms with Gasteiger partial charge in [-0.25, -0.2) is 9.59 Å². The van der Waals surface area contributed by atoms with Gasteiger partial charge >= 0.3 is 22.6 Å². The largest absolute Gasteiger partial charge is 0.488 e. The Morgan fingerprint density at radius 2 is 1.70 bits per heavy atom. The van der Waals surface area contributed by atoms with Crippen molar-refractivity contribution in [3.63, 3.8) is 0 Å². The quantitative estimate of drug-likeness (QED) is 0.759. The molecule has 0 spiro atoms. The van der Waals surface area contributed by atoms with Gasteiger partial charge < -0.3 is 23.8 Å². The average Bonchev–Trinajstić information content (AvgIpc) is 2.51. The molecule has 0 atom stereocenters. The van der Waals surface area contributed by atoms with Gasteiger partial charge in [0.25, 0.3) is 0 Å². The normalized spacial score (nSPS) is 15.4. The number of piperazine rings is 1. The summed E-state index contributed by atoms with van der Waals surface area (Å²) in [6, 6.07) is 3.47. The Bertz CT molecular complexity index is 828. The lowest BCUT2D eigenvalue weighted by molar-refractivity contribution is 0.0240. The molecule has 1 saturated heterocycles. The van der Waals surface area contributed by atoms with E-state index in [9.17, 15) is 21.9 Å². The lowest BCUT2D eigenvalue weighted by Gasteiger charge is -2.36. The number of aromatic carboxylic acids is 1. The van der Waals surface area contributed by atoms with Crippen LogP contribution in [-0.4, -0.2) is 62.3 Å². The van der Waals surface area contributed by atoms with Crippen molar-refractivity contribution >= 4 is 28.3 Å². The molecule has 0 aromatic heterocycles. The van der Waals surface area contributed by atoms with Gasteiger partial charge in [0.1, 0.15) is 11.4 Å². The number of anilines is 1. The number of hydrogen-bond acceptors (Lipinski definition) is 7. The fraction of sp³-hybridized carbons (Fsp3) is 0.500. The van der Waals surface area contributed by atoms with Crippen molar-refractivity contribution in [1.82, 2.24) is 4.90 Å². The molecule has 1 aliphatic rings. The first-order valence-corrected chi connectivity index (χ1v) is 9.40. The number of hydrogen-bond donors (Lipinski definition) is 1. The molecule has 0 radical (unpaired) electrons. The molecular formula is C16H21FN2O7S. The van der Waals surface area contributed by atoms with Crippen LogP contribution in [0.1, 0.15) is 31.1 Å². The van der Waals surface area contributed by atoms with E-state index in [4.69, 9.17) is 9.84 Å². The van der Waals surface area contributed by atoms with Crippen molar-refractivity contribution < 1.29 is 35.9 Å². The third-order valence-corrected chi connectivity index (χ3v) is 4.02. The molecule has 1 aromatic carbocycles. The van der Waals surface area contributed by atoms with Gasteiger partial charge in [-0.3, -0.25) is 0 Å². The Hall–Kier alpha value is -2.56. The van der Waals surface area contributed by atoms with E-state index in [2.05, 4.69) is 4.18 Å². The number of amides is 1. The van der Waals surface area contributed by atoms with Crippen molar-refractivity contribution in [3.8, 4) is 5.75 Å². The molecule has 1 amide bonds. The number of carbonyl (C=O) groups is 2. The number of rotatable bonds is 4. The third-order valence-electron chi connectivity index (χ3n) is 3.63. The Kier molecular flexibility index (Phi) is 5.83. The molecule has 0 saturated carbocycles. The van der Waals surface area contributed by atoms with Crippen molar-refractivity contribution in [3.05, 3.63) is 23.8 Å². The van der Waals surface area contributed by atoms with Crippen LogP contribution in [0.25, 0.3) is 0 Å². The number of ether oxygens (including phenoxy) is 1. The fourth-order valence-electron chi connectivity index (χ4n) is 2.53. The molecule has 0 aliphatic carbocycles. The number of carboxylic acids is 1. The number of halogens is 1. The van der Waals surface area contributed by atoms with Gasteiger partial charge in [-0.1, -0.05) is 3.89 Å². The van der Waals surface area contributed by atoms with Crippen LogP contribution in [0.2, 0.25) is 0 Å². The standard InChI is InChI=1S/C16H21FN2O7S/c1-16(2,3)25-15(22)19-6-4-18(5-7-19)12-8-11(14(20)21)9-13(10-12)26-27(17,23)24/h8-10H,4-7H2,1-3H3,(H,20,21). The van der Waals surface area contributed by atoms with Crippen LogP contribution in [0.3, 0.4) is 0 Å². The minimum Gasteiger partial charge on any atom is -0.478 e. The van der Waals surface area contributed by atoms with Crippen LogP contribution >= 0.6 is 0 Å². The van der Waals surface area contributed by atoms with E-state index >= 15 is 0 Å². The van der Waals surface area contributed by atoms with E-state index in [1.54, 1.807) is 25.7 Å². The summed E-state index contributed by atoms with van der Waals surface area (Å²) < 4.78 is 43.6. The van der Waals surface area contributed by atoms with E-state index in [1.165, 1.54) is 17.0 Å². The maximum Gasteiger partial charge on any atom is 0.488 e. The molecule has 1 fully saturated rings. The molecule has 9 nitrogen and oxygen atoms in total. The molecule has 150 valence electrons. The zero-order chi connectivity index (χ0) is 20.4. The van der Waals surface area contributed by atoms with E-state index in [0.29, 0.717) is 31.9 Å². The predicted octanol–water partition coefficient (Wildman–Crippen LogP) is 2.04. The zero-order valence-electron chi connectivity index (χ0n) is 15.1. The molecular weight excluding hydrogens is 383 g/mol. The molecule has 1 aliphatic heterocycles. The maximum absolute atomic E-state index is 12.8. The molecule has 11 heteroatoms. The van der Waals surface area contributed by atoms with Crippen LogP contribution in [0.4, 0.5) is 14.4 Å². The van der Waals surface area contributed by atoms with Crippen molar-refractivity contribution in [2.75, 3.05) is 31.1 Å². The smallest absolute Gasteiger partial charge is 0.478 e. The first-order chi connectivity index (χ1) is 12.3. The number of carboxylic acid groups (broad SMARTS) is 1. The Balaban J connectivity index is 2.15. The van der Waals surface area contributed by atoms with Crippen LogP contribution in [0, 0.1) is 0 Å². The van der Waals surface area contributed by atoms with Crippen molar-refractivity contribution in [2.24, 2.45) is 0 Å². The number of nitrogens with zero attached hydrogens (tertiary/aromatic N) is 2. The highest BCUT2D eigenvalue weighted by molar-refractivity contribution is 7.81. The van der Waals surface area contributed by atoms with Gasteiger partial charge in [0, 0.05) is 37.9 Å². The van der Waals surface area contributed by atoms with Gasteiger partial charge in [0.05, 0.1) is 5.56 Å². The van der Waals surface area contributed by atoms with Crippen LogP contribution in [0.15, 0.2) is 18.2 Å². The van der Waals surface area contributed by atoms with Crippen LogP contribution in [-0.2, 0) is 15.2 Å². The summed E-state index contributed by atoms with van der Waals surface area (Å²) in [5.74, 6) is -1.76. The van der Waals surface area contributed by atoms with E-state index in [0.717, 1.165) is 6.07 Å².